The lowest BCUT2D eigenvalue weighted by atomic mass is 10.2. The van der Waals surface area contributed by atoms with Crippen LogP contribution in [0.4, 0.5) is 0 Å². The van der Waals surface area contributed by atoms with Crippen LogP contribution in [0.25, 0.3) is 0 Å². The number of nitrogens with zero attached hydrogens (tertiary/aromatic N) is 1. The highest BCUT2D eigenvalue weighted by molar-refractivity contribution is 7.07. The van der Waals surface area contributed by atoms with Gasteiger partial charge >= 0.3 is 0 Å². The zero-order valence-electron chi connectivity index (χ0n) is 10.5. The zero-order valence-corrected chi connectivity index (χ0v) is 11.3. The zero-order chi connectivity index (χ0) is 12.8. The van der Waals surface area contributed by atoms with E-state index in [2.05, 4.69) is 10.3 Å². The number of rotatable bonds is 6. The molecule has 0 aliphatic rings. The van der Waals surface area contributed by atoms with Gasteiger partial charge in [-0.1, -0.05) is 0 Å². The van der Waals surface area contributed by atoms with Crippen LogP contribution in [-0.4, -0.2) is 19.2 Å². The van der Waals surface area contributed by atoms with Gasteiger partial charge in [-0.15, -0.1) is 11.3 Å². The molecule has 0 amide bonds. The molecule has 0 radical (unpaired) electrons. The molecule has 0 saturated heterocycles. The van der Waals surface area contributed by atoms with Crippen LogP contribution in [0.15, 0.2) is 29.1 Å². The smallest absolute Gasteiger partial charge is 0.122 e. The first-order chi connectivity index (χ1) is 8.81. The van der Waals surface area contributed by atoms with Crippen LogP contribution >= 0.6 is 11.3 Å². The maximum Gasteiger partial charge on any atom is 0.122 e. The van der Waals surface area contributed by atoms with Gasteiger partial charge in [-0.3, -0.25) is 0 Å². The molecule has 0 aliphatic heterocycles. The van der Waals surface area contributed by atoms with E-state index in [9.17, 15) is 0 Å². The Morgan fingerprint density at radius 3 is 2.39 bits per heavy atom. The molecular weight excluding hydrogens is 248 g/mol. The highest BCUT2D eigenvalue weighted by Gasteiger charge is 2.02. The summed E-state index contributed by atoms with van der Waals surface area (Å²) in [5.74, 6) is 1.61. The molecule has 0 unspecified atom stereocenters. The van der Waals surface area contributed by atoms with E-state index < -0.39 is 0 Å². The fourth-order valence-electron chi connectivity index (χ4n) is 1.63. The molecule has 1 heterocycles. The number of ether oxygens (including phenoxy) is 2. The Hall–Kier alpha value is -1.59. The first-order valence-electron chi connectivity index (χ1n) is 5.61. The van der Waals surface area contributed by atoms with Gasteiger partial charge in [0.1, 0.15) is 11.5 Å². The topological polar surface area (TPSA) is 43.4 Å². The minimum absolute atomic E-state index is 0.755. The van der Waals surface area contributed by atoms with Crippen LogP contribution in [0.3, 0.4) is 0 Å². The van der Waals surface area contributed by atoms with E-state index in [4.69, 9.17) is 9.47 Å². The van der Waals surface area contributed by atoms with Gasteiger partial charge < -0.3 is 14.8 Å². The number of methoxy groups -OCH3 is 2. The molecule has 0 spiro atoms. The van der Waals surface area contributed by atoms with Gasteiger partial charge in [-0.25, -0.2) is 4.98 Å². The van der Waals surface area contributed by atoms with Crippen molar-refractivity contribution in [3.8, 4) is 11.5 Å². The van der Waals surface area contributed by atoms with Gasteiger partial charge in [0, 0.05) is 24.5 Å². The van der Waals surface area contributed by atoms with E-state index in [-0.39, 0.29) is 0 Å². The summed E-state index contributed by atoms with van der Waals surface area (Å²) in [5, 5.41) is 5.38. The average molecular weight is 264 g/mol. The molecule has 96 valence electrons. The molecule has 1 aromatic heterocycles. The maximum atomic E-state index is 5.23. The summed E-state index contributed by atoms with van der Waals surface area (Å²) in [6.45, 7) is 1.52. The normalized spacial score (nSPS) is 10.3. The molecule has 2 rings (SSSR count). The summed E-state index contributed by atoms with van der Waals surface area (Å²) in [6.07, 6.45) is 0. The first-order valence-corrected chi connectivity index (χ1v) is 6.56. The first kappa shape index (κ1) is 12.9. The van der Waals surface area contributed by atoms with Crippen molar-refractivity contribution in [2.45, 2.75) is 13.1 Å². The quantitative estimate of drug-likeness (QED) is 0.870. The van der Waals surface area contributed by atoms with E-state index in [0.717, 1.165) is 35.8 Å². The molecule has 1 aromatic carbocycles. The van der Waals surface area contributed by atoms with Gasteiger partial charge in [0.05, 0.1) is 25.4 Å². The summed E-state index contributed by atoms with van der Waals surface area (Å²) >= 11 is 1.61. The number of hydrogen-bond donors (Lipinski definition) is 1. The van der Waals surface area contributed by atoms with Crippen molar-refractivity contribution in [2.24, 2.45) is 0 Å². The monoisotopic (exact) mass is 264 g/mol. The Kier molecular flexibility index (Phi) is 4.55. The van der Waals surface area contributed by atoms with Crippen molar-refractivity contribution >= 4 is 11.3 Å². The molecule has 2 aromatic rings. The second-order valence-corrected chi connectivity index (χ2v) is 4.52. The van der Waals surface area contributed by atoms with Gasteiger partial charge in [-0.2, -0.15) is 0 Å². The summed E-state index contributed by atoms with van der Waals surface area (Å²) < 4.78 is 10.5. The molecule has 0 bridgehead atoms. The number of thiazole rings is 1. The third kappa shape index (κ3) is 3.45. The predicted molar refractivity (Wildman–Crippen MR) is 72.2 cm³/mol. The maximum absolute atomic E-state index is 5.23. The van der Waals surface area contributed by atoms with Crippen LogP contribution in [0.1, 0.15) is 11.3 Å². The number of aromatic nitrogens is 1. The van der Waals surface area contributed by atoms with Gasteiger partial charge in [-0.05, 0) is 17.7 Å². The van der Waals surface area contributed by atoms with Gasteiger partial charge in [0.25, 0.3) is 0 Å². The number of hydrogen-bond acceptors (Lipinski definition) is 5. The number of benzene rings is 1. The summed E-state index contributed by atoms with van der Waals surface area (Å²) in [7, 11) is 3.31. The molecule has 5 heteroatoms. The van der Waals surface area contributed by atoms with Gasteiger partial charge in [0.2, 0.25) is 0 Å². The molecule has 0 fully saturated rings. The molecular formula is C13H16N2O2S. The SMILES string of the molecule is COc1cc(CNCc2cscn2)cc(OC)c1. The third-order valence-corrected chi connectivity index (χ3v) is 3.17. The summed E-state index contributed by atoms with van der Waals surface area (Å²) in [4.78, 5) is 4.22. The fraction of sp³-hybridized carbons (Fsp3) is 0.308. The van der Waals surface area contributed by atoms with Crippen molar-refractivity contribution in [3.05, 3.63) is 40.3 Å². The highest BCUT2D eigenvalue weighted by atomic mass is 32.1. The van der Waals surface area contributed by atoms with Crippen LogP contribution < -0.4 is 14.8 Å². The minimum Gasteiger partial charge on any atom is -0.497 e. The van der Waals surface area contributed by atoms with E-state index in [1.165, 1.54) is 0 Å². The van der Waals surface area contributed by atoms with Crippen LogP contribution in [-0.2, 0) is 13.1 Å². The Morgan fingerprint density at radius 2 is 1.83 bits per heavy atom. The van der Waals surface area contributed by atoms with Crippen LogP contribution in [0.2, 0.25) is 0 Å². The predicted octanol–water partition coefficient (Wildman–Crippen LogP) is 2.45. The Labute approximate surface area is 111 Å². The van der Waals surface area contributed by atoms with Gasteiger partial charge in [0.15, 0.2) is 0 Å². The van der Waals surface area contributed by atoms with Crippen LogP contribution in [0, 0.1) is 0 Å². The summed E-state index contributed by atoms with van der Waals surface area (Å²) in [5.41, 5.74) is 4.03. The molecule has 0 saturated carbocycles. The molecule has 0 aliphatic carbocycles. The van der Waals surface area contributed by atoms with Crippen molar-refractivity contribution in [3.63, 3.8) is 0 Å². The largest absolute Gasteiger partial charge is 0.497 e. The molecule has 0 atom stereocenters. The Balaban J connectivity index is 1.95. The van der Waals surface area contributed by atoms with Crippen molar-refractivity contribution in [2.75, 3.05) is 14.2 Å². The lowest BCUT2D eigenvalue weighted by molar-refractivity contribution is 0.393. The second-order valence-electron chi connectivity index (χ2n) is 3.80. The molecule has 1 N–H and O–H groups in total. The van der Waals surface area contributed by atoms with E-state index >= 15 is 0 Å². The van der Waals surface area contributed by atoms with Crippen molar-refractivity contribution in [1.82, 2.24) is 10.3 Å². The van der Waals surface area contributed by atoms with E-state index in [1.807, 2.05) is 29.1 Å². The van der Waals surface area contributed by atoms with Crippen molar-refractivity contribution in [1.29, 1.82) is 0 Å². The molecule has 18 heavy (non-hydrogen) atoms. The standard InChI is InChI=1S/C13H16N2O2S/c1-16-12-3-10(4-13(5-12)17-2)6-14-7-11-8-18-9-15-11/h3-5,8-9,14H,6-7H2,1-2H3. The minimum atomic E-state index is 0.755. The van der Waals surface area contributed by atoms with Crippen LogP contribution in [0.5, 0.6) is 11.5 Å². The van der Waals surface area contributed by atoms with E-state index in [1.54, 1.807) is 25.6 Å². The summed E-state index contributed by atoms with van der Waals surface area (Å²) in [6, 6.07) is 5.86. The Bertz CT molecular complexity index is 463. The lowest BCUT2D eigenvalue weighted by Gasteiger charge is -2.09. The Morgan fingerprint density at radius 1 is 1.11 bits per heavy atom. The number of nitrogens with one attached hydrogen (secondary N) is 1. The second kappa shape index (κ2) is 6.37. The fourth-order valence-corrected chi connectivity index (χ4v) is 2.19. The van der Waals surface area contributed by atoms with E-state index in [0.29, 0.717) is 0 Å². The van der Waals surface area contributed by atoms with Crippen molar-refractivity contribution < 1.29 is 9.47 Å². The lowest BCUT2D eigenvalue weighted by Crippen LogP contribution is -2.13. The average Bonchev–Trinajstić information content (AvgIpc) is 2.91. The highest BCUT2D eigenvalue weighted by Crippen LogP contribution is 2.22. The molecule has 4 nitrogen and oxygen atoms in total. The third-order valence-electron chi connectivity index (χ3n) is 2.53.